The Balaban J connectivity index is 1.30. The van der Waals surface area contributed by atoms with Crippen molar-refractivity contribution in [3.05, 3.63) is 36.0 Å². The average Bonchev–Trinajstić information content (AvgIpc) is 3.37. The van der Waals surface area contributed by atoms with Crippen LogP contribution in [0, 0.1) is 11.8 Å². The molecule has 0 saturated carbocycles. The van der Waals surface area contributed by atoms with Crippen LogP contribution < -0.4 is 10.2 Å². The van der Waals surface area contributed by atoms with Crippen molar-refractivity contribution in [2.75, 3.05) is 13.1 Å². The van der Waals surface area contributed by atoms with Crippen LogP contribution in [0.25, 0.3) is 0 Å². The Hall–Kier alpha value is -2.15. The van der Waals surface area contributed by atoms with Crippen molar-refractivity contribution < 1.29 is 14.1 Å². The third kappa shape index (κ3) is 4.24. The molecular formula is C20H30N5O2+. The van der Waals surface area contributed by atoms with E-state index in [0.29, 0.717) is 18.5 Å². The van der Waals surface area contributed by atoms with Crippen LogP contribution in [0.2, 0.25) is 0 Å². The molecule has 1 unspecified atom stereocenters. The molecule has 0 aromatic carbocycles. The van der Waals surface area contributed by atoms with E-state index in [4.69, 9.17) is 4.42 Å². The first-order chi connectivity index (χ1) is 13.2. The van der Waals surface area contributed by atoms with E-state index in [1.807, 2.05) is 16.8 Å². The Morgan fingerprint density at radius 1 is 1.48 bits per heavy atom. The second-order valence-corrected chi connectivity index (χ2v) is 8.03. The van der Waals surface area contributed by atoms with Gasteiger partial charge in [0.1, 0.15) is 11.8 Å². The minimum Gasteiger partial charge on any atom is -0.467 e. The second kappa shape index (κ2) is 8.25. The third-order valence-electron chi connectivity index (χ3n) is 6.19. The van der Waals surface area contributed by atoms with Crippen molar-refractivity contribution in [2.24, 2.45) is 11.8 Å². The maximum Gasteiger partial charge on any atom is 0.229 e. The summed E-state index contributed by atoms with van der Waals surface area (Å²) in [5.41, 5.74) is 1.10. The standard InChI is InChI=1S/C20H29N5O2/c1-2-3-5-16-12-25(23-22-16)13-17-10-15-7-8-24(17)14-19(15)20(26)21-11-18-6-4-9-27-18/h4,6,9,12,15,17,19H,2-3,5,7-8,10-11,13-14H2,1H3,(H,21,26)/p+1/t15-,17-,19+/m1/s1. The number of hydrogen-bond donors (Lipinski definition) is 2. The zero-order valence-electron chi connectivity index (χ0n) is 16.1. The van der Waals surface area contributed by atoms with Crippen molar-refractivity contribution in [1.29, 1.82) is 0 Å². The molecule has 7 heteroatoms. The number of quaternary nitrogens is 1. The normalized spacial score (nSPS) is 27.0. The summed E-state index contributed by atoms with van der Waals surface area (Å²) in [7, 11) is 0. The van der Waals surface area contributed by atoms with E-state index in [-0.39, 0.29) is 11.8 Å². The lowest BCUT2D eigenvalue weighted by atomic mass is 9.75. The Morgan fingerprint density at radius 3 is 3.15 bits per heavy atom. The highest BCUT2D eigenvalue weighted by atomic mass is 16.3. The van der Waals surface area contributed by atoms with Crippen molar-refractivity contribution in [2.45, 2.75) is 58.2 Å². The second-order valence-electron chi connectivity index (χ2n) is 8.03. The molecule has 1 amide bonds. The largest absolute Gasteiger partial charge is 0.467 e. The van der Waals surface area contributed by atoms with E-state index in [1.165, 1.54) is 6.42 Å². The molecule has 3 fully saturated rings. The zero-order valence-corrected chi connectivity index (χ0v) is 16.1. The zero-order chi connectivity index (χ0) is 18.6. The SMILES string of the molecule is CCCCc1cn(C[C@H]2C[C@H]3CC[NH+]2C[C@@H]3C(=O)NCc2ccco2)nn1. The fraction of sp³-hybridized carbons (Fsp3) is 0.650. The predicted octanol–water partition coefficient (Wildman–Crippen LogP) is 0.823. The van der Waals surface area contributed by atoms with E-state index in [9.17, 15) is 4.79 Å². The molecule has 7 nitrogen and oxygen atoms in total. The van der Waals surface area contributed by atoms with E-state index < -0.39 is 0 Å². The number of furan rings is 1. The molecule has 2 N–H and O–H groups in total. The van der Waals surface area contributed by atoms with Crippen molar-refractivity contribution >= 4 is 5.91 Å². The number of aryl methyl sites for hydroxylation is 1. The van der Waals surface area contributed by atoms with Crippen LogP contribution in [-0.2, 0) is 24.3 Å². The van der Waals surface area contributed by atoms with Gasteiger partial charge >= 0.3 is 0 Å². The number of rotatable bonds is 8. The smallest absolute Gasteiger partial charge is 0.229 e. The van der Waals surface area contributed by atoms with Gasteiger partial charge in [0.2, 0.25) is 5.91 Å². The molecule has 0 aliphatic carbocycles. The van der Waals surface area contributed by atoms with Gasteiger partial charge in [-0.05, 0) is 30.9 Å². The number of piperidine rings is 3. The number of hydrogen-bond acceptors (Lipinski definition) is 4. The molecular weight excluding hydrogens is 342 g/mol. The highest BCUT2D eigenvalue weighted by Crippen LogP contribution is 2.27. The lowest BCUT2D eigenvalue weighted by Crippen LogP contribution is -3.20. The first-order valence-corrected chi connectivity index (χ1v) is 10.3. The maximum absolute atomic E-state index is 12.7. The number of carbonyl (C=O) groups is 1. The summed E-state index contributed by atoms with van der Waals surface area (Å²) in [4.78, 5) is 14.2. The lowest BCUT2D eigenvalue weighted by Gasteiger charge is -2.46. The summed E-state index contributed by atoms with van der Waals surface area (Å²) in [6.07, 6.45) is 9.34. The van der Waals surface area contributed by atoms with E-state index >= 15 is 0 Å². The molecule has 5 rings (SSSR count). The number of carbonyl (C=O) groups excluding carboxylic acids is 1. The Bertz CT molecular complexity index is 741. The van der Waals surface area contributed by atoms with Crippen LogP contribution in [0.5, 0.6) is 0 Å². The molecule has 2 aromatic rings. The fourth-order valence-electron chi connectivity index (χ4n) is 4.66. The summed E-state index contributed by atoms with van der Waals surface area (Å²) in [6, 6.07) is 4.28. The van der Waals surface area contributed by atoms with Crippen LogP contribution >= 0.6 is 0 Å². The van der Waals surface area contributed by atoms with E-state index in [2.05, 4.69) is 28.7 Å². The number of fused-ring (bicyclic) bond motifs is 3. The van der Waals surface area contributed by atoms with Gasteiger partial charge in [0.15, 0.2) is 0 Å². The van der Waals surface area contributed by atoms with Gasteiger partial charge in [0, 0.05) is 19.0 Å². The van der Waals surface area contributed by atoms with E-state index in [1.54, 1.807) is 11.2 Å². The van der Waals surface area contributed by atoms with Crippen LogP contribution in [0.15, 0.2) is 29.0 Å². The number of unbranched alkanes of at least 4 members (excludes halogenated alkanes) is 1. The summed E-state index contributed by atoms with van der Waals surface area (Å²) < 4.78 is 7.32. The van der Waals surface area contributed by atoms with E-state index in [0.717, 1.165) is 56.8 Å². The quantitative estimate of drug-likeness (QED) is 0.719. The number of nitrogens with zero attached hydrogens (tertiary/aromatic N) is 3. The Morgan fingerprint density at radius 2 is 2.41 bits per heavy atom. The number of nitrogens with one attached hydrogen (secondary N) is 2. The molecule has 3 aliphatic heterocycles. The molecule has 2 aromatic heterocycles. The van der Waals surface area contributed by atoms with Gasteiger partial charge < -0.3 is 14.6 Å². The molecule has 3 saturated heterocycles. The molecule has 27 heavy (non-hydrogen) atoms. The van der Waals surface area contributed by atoms with Crippen molar-refractivity contribution in [1.82, 2.24) is 20.3 Å². The van der Waals surface area contributed by atoms with Gasteiger partial charge in [0.05, 0.1) is 44.1 Å². The van der Waals surface area contributed by atoms with Gasteiger partial charge in [-0.2, -0.15) is 0 Å². The molecule has 2 bridgehead atoms. The fourth-order valence-corrected chi connectivity index (χ4v) is 4.66. The van der Waals surface area contributed by atoms with Gasteiger partial charge in [-0.3, -0.25) is 4.79 Å². The monoisotopic (exact) mass is 372 g/mol. The molecule has 0 spiro atoms. The number of aromatic nitrogens is 3. The topological polar surface area (TPSA) is 77.4 Å². The first kappa shape index (κ1) is 18.2. The van der Waals surface area contributed by atoms with Gasteiger partial charge in [0.25, 0.3) is 0 Å². The summed E-state index contributed by atoms with van der Waals surface area (Å²) in [5, 5.41) is 11.7. The highest BCUT2D eigenvalue weighted by Gasteiger charge is 2.46. The molecule has 5 heterocycles. The molecule has 146 valence electrons. The van der Waals surface area contributed by atoms with Crippen LogP contribution in [-0.4, -0.2) is 40.0 Å². The first-order valence-electron chi connectivity index (χ1n) is 10.3. The predicted molar refractivity (Wildman–Crippen MR) is 99.9 cm³/mol. The minimum absolute atomic E-state index is 0.121. The van der Waals surface area contributed by atoms with Crippen molar-refractivity contribution in [3.8, 4) is 0 Å². The lowest BCUT2D eigenvalue weighted by molar-refractivity contribution is -0.945. The molecule has 0 radical (unpaired) electrons. The van der Waals surface area contributed by atoms with Crippen molar-refractivity contribution in [3.63, 3.8) is 0 Å². The maximum atomic E-state index is 12.7. The average molecular weight is 372 g/mol. The van der Waals surface area contributed by atoms with Crippen LogP contribution in [0.4, 0.5) is 0 Å². The summed E-state index contributed by atoms with van der Waals surface area (Å²) in [5.74, 6) is 1.58. The third-order valence-corrected chi connectivity index (χ3v) is 6.19. The number of amides is 1. The van der Waals surface area contributed by atoms with Gasteiger partial charge in [-0.25, -0.2) is 4.68 Å². The van der Waals surface area contributed by atoms with Crippen LogP contribution in [0.1, 0.15) is 44.1 Å². The summed E-state index contributed by atoms with van der Waals surface area (Å²) in [6.45, 7) is 5.67. The molecule has 3 aliphatic rings. The Kier molecular flexibility index (Phi) is 5.57. The molecule has 4 atom stereocenters. The van der Waals surface area contributed by atoms with Gasteiger partial charge in [-0.15, -0.1) is 5.10 Å². The minimum atomic E-state index is 0.121. The highest BCUT2D eigenvalue weighted by molar-refractivity contribution is 5.79. The Labute approximate surface area is 160 Å². The van der Waals surface area contributed by atoms with Gasteiger partial charge in [-0.1, -0.05) is 18.6 Å². The summed E-state index contributed by atoms with van der Waals surface area (Å²) >= 11 is 0. The van der Waals surface area contributed by atoms with Crippen LogP contribution in [0.3, 0.4) is 0 Å².